The third-order valence-electron chi connectivity index (χ3n) is 4.00. The third kappa shape index (κ3) is 3.40. The minimum Gasteiger partial charge on any atom is -0.497 e. The molecule has 0 aliphatic carbocycles. The second kappa shape index (κ2) is 7.16. The van der Waals surface area contributed by atoms with Gasteiger partial charge in [0.2, 0.25) is 17.7 Å². The number of nitrogens with zero attached hydrogens (tertiary/aromatic N) is 3. The summed E-state index contributed by atoms with van der Waals surface area (Å²) in [5.74, 6) is 1.69. The van der Waals surface area contributed by atoms with Crippen LogP contribution in [0.2, 0.25) is 0 Å². The van der Waals surface area contributed by atoms with Crippen LogP contribution in [0.3, 0.4) is 0 Å². The largest absolute Gasteiger partial charge is 0.497 e. The highest BCUT2D eigenvalue weighted by Crippen LogP contribution is 2.25. The fourth-order valence-corrected chi connectivity index (χ4v) is 2.76. The molecule has 1 saturated heterocycles. The Kier molecular flexibility index (Phi) is 4.79. The Bertz CT molecular complexity index is 705. The van der Waals surface area contributed by atoms with Gasteiger partial charge in [0.05, 0.1) is 14.2 Å². The van der Waals surface area contributed by atoms with Crippen molar-refractivity contribution in [3.05, 3.63) is 36.5 Å². The highest BCUT2D eigenvalue weighted by atomic mass is 16.5. The van der Waals surface area contributed by atoms with E-state index in [9.17, 15) is 4.79 Å². The van der Waals surface area contributed by atoms with Crippen LogP contribution in [0.5, 0.6) is 11.6 Å². The zero-order valence-corrected chi connectivity index (χ0v) is 13.7. The lowest BCUT2D eigenvalue weighted by Crippen LogP contribution is -2.40. The van der Waals surface area contributed by atoms with Crippen molar-refractivity contribution in [1.29, 1.82) is 0 Å². The van der Waals surface area contributed by atoms with Gasteiger partial charge in [0.25, 0.3) is 0 Å². The lowest BCUT2D eigenvalue weighted by atomic mass is 10.2. The van der Waals surface area contributed by atoms with Crippen molar-refractivity contribution in [3.63, 3.8) is 0 Å². The number of ether oxygens (including phenoxy) is 2. The van der Waals surface area contributed by atoms with Gasteiger partial charge in [-0.1, -0.05) is 0 Å². The van der Waals surface area contributed by atoms with Crippen molar-refractivity contribution in [3.8, 4) is 11.6 Å². The van der Waals surface area contributed by atoms with Crippen LogP contribution in [0.25, 0.3) is 0 Å². The standard InChI is InChI=1S/C17H20N4O3/c1-23-13-7-5-12(6-8-13)19-16(22)14-4-3-11-21(14)17-18-10-9-15(20-17)24-2/h5-10,14H,3-4,11H2,1-2H3,(H,19,22)/t14-/m0/s1. The average Bonchev–Trinajstić information content (AvgIpc) is 3.12. The highest BCUT2D eigenvalue weighted by molar-refractivity contribution is 5.97. The lowest BCUT2D eigenvalue weighted by molar-refractivity contribution is -0.117. The minimum absolute atomic E-state index is 0.0657. The van der Waals surface area contributed by atoms with Gasteiger partial charge in [0, 0.05) is 24.5 Å². The maximum atomic E-state index is 12.6. The molecule has 0 spiro atoms. The van der Waals surface area contributed by atoms with Crippen molar-refractivity contribution in [2.24, 2.45) is 0 Å². The summed E-state index contributed by atoms with van der Waals surface area (Å²) in [5, 5.41) is 2.94. The molecule has 1 aromatic carbocycles. The van der Waals surface area contributed by atoms with Crippen LogP contribution in [-0.2, 0) is 4.79 Å². The van der Waals surface area contributed by atoms with Crippen molar-refractivity contribution in [1.82, 2.24) is 9.97 Å². The van der Waals surface area contributed by atoms with E-state index in [1.807, 2.05) is 29.2 Å². The smallest absolute Gasteiger partial charge is 0.247 e. The third-order valence-corrected chi connectivity index (χ3v) is 4.00. The molecule has 1 aliphatic heterocycles. The number of nitrogens with one attached hydrogen (secondary N) is 1. The molecular formula is C17H20N4O3. The SMILES string of the molecule is COc1ccc(NC(=O)[C@@H]2CCCN2c2nccc(OC)n2)cc1. The van der Waals surface area contributed by atoms with Crippen LogP contribution in [0, 0.1) is 0 Å². The molecule has 1 aliphatic rings. The van der Waals surface area contributed by atoms with Gasteiger partial charge in [-0.25, -0.2) is 4.98 Å². The Morgan fingerprint density at radius 1 is 1.21 bits per heavy atom. The molecule has 7 heteroatoms. The molecule has 3 rings (SSSR count). The van der Waals surface area contributed by atoms with E-state index in [2.05, 4.69) is 15.3 Å². The van der Waals surface area contributed by atoms with E-state index in [1.165, 1.54) is 0 Å². The molecule has 1 N–H and O–H groups in total. The number of benzene rings is 1. The van der Waals surface area contributed by atoms with E-state index in [0.717, 1.165) is 30.8 Å². The van der Waals surface area contributed by atoms with Gasteiger partial charge in [-0.2, -0.15) is 4.98 Å². The van der Waals surface area contributed by atoms with E-state index < -0.39 is 0 Å². The second-order valence-electron chi connectivity index (χ2n) is 5.47. The van der Waals surface area contributed by atoms with Crippen LogP contribution in [0.15, 0.2) is 36.5 Å². The summed E-state index contributed by atoms with van der Waals surface area (Å²) in [6, 6.07) is 8.65. The number of hydrogen-bond acceptors (Lipinski definition) is 6. The monoisotopic (exact) mass is 328 g/mol. The van der Waals surface area contributed by atoms with Gasteiger partial charge in [-0.15, -0.1) is 0 Å². The van der Waals surface area contributed by atoms with Gasteiger partial charge >= 0.3 is 0 Å². The predicted octanol–water partition coefficient (Wildman–Crippen LogP) is 2.10. The van der Waals surface area contributed by atoms with Crippen LogP contribution in [0.4, 0.5) is 11.6 Å². The Labute approximate surface area is 140 Å². The molecular weight excluding hydrogens is 308 g/mol. The van der Waals surface area contributed by atoms with Gasteiger partial charge in [0.1, 0.15) is 11.8 Å². The van der Waals surface area contributed by atoms with Gasteiger partial charge in [-0.05, 0) is 37.1 Å². The molecule has 7 nitrogen and oxygen atoms in total. The summed E-state index contributed by atoms with van der Waals surface area (Å²) in [4.78, 5) is 23.2. The Morgan fingerprint density at radius 3 is 2.71 bits per heavy atom. The van der Waals surface area contributed by atoms with E-state index in [1.54, 1.807) is 26.5 Å². The number of rotatable bonds is 5. The van der Waals surface area contributed by atoms with Gasteiger partial charge in [0.15, 0.2) is 0 Å². The van der Waals surface area contributed by atoms with Crippen LogP contribution >= 0.6 is 0 Å². The Morgan fingerprint density at radius 2 is 2.00 bits per heavy atom. The minimum atomic E-state index is -0.292. The zero-order chi connectivity index (χ0) is 16.9. The van der Waals surface area contributed by atoms with E-state index in [4.69, 9.17) is 9.47 Å². The second-order valence-corrected chi connectivity index (χ2v) is 5.47. The summed E-state index contributed by atoms with van der Waals surface area (Å²) in [6.07, 6.45) is 3.32. The molecule has 1 atom stereocenters. The van der Waals surface area contributed by atoms with Crippen molar-refractivity contribution in [2.45, 2.75) is 18.9 Å². The molecule has 2 heterocycles. The van der Waals surface area contributed by atoms with Crippen LogP contribution < -0.4 is 19.7 Å². The number of carbonyl (C=O) groups excluding carboxylic acids is 1. The Hall–Kier alpha value is -2.83. The number of anilines is 2. The molecule has 1 fully saturated rings. The summed E-state index contributed by atoms with van der Waals surface area (Å²) >= 11 is 0. The topological polar surface area (TPSA) is 76.6 Å². The molecule has 0 saturated carbocycles. The first-order valence-corrected chi connectivity index (χ1v) is 7.80. The first kappa shape index (κ1) is 16.0. The molecule has 1 aromatic heterocycles. The summed E-state index contributed by atoms with van der Waals surface area (Å²) in [7, 11) is 3.17. The molecule has 24 heavy (non-hydrogen) atoms. The van der Waals surface area contributed by atoms with Crippen molar-refractivity contribution >= 4 is 17.5 Å². The van der Waals surface area contributed by atoms with Crippen LogP contribution in [0.1, 0.15) is 12.8 Å². The highest BCUT2D eigenvalue weighted by Gasteiger charge is 2.32. The van der Waals surface area contributed by atoms with Crippen molar-refractivity contribution in [2.75, 3.05) is 31.0 Å². The fraction of sp³-hybridized carbons (Fsp3) is 0.353. The van der Waals surface area contributed by atoms with Crippen LogP contribution in [-0.4, -0.2) is 42.7 Å². The quantitative estimate of drug-likeness (QED) is 0.906. The maximum absolute atomic E-state index is 12.6. The summed E-state index contributed by atoms with van der Waals surface area (Å²) in [5.41, 5.74) is 0.735. The number of amides is 1. The molecule has 2 aromatic rings. The summed E-state index contributed by atoms with van der Waals surface area (Å²) < 4.78 is 10.3. The normalized spacial score (nSPS) is 16.8. The van der Waals surface area contributed by atoms with E-state index in [-0.39, 0.29) is 11.9 Å². The number of aromatic nitrogens is 2. The fourth-order valence-electron chi connectivity index (χ4n) is 2.76. The molecule has 1 amide bonds. The van der Waals surface area contributed by atoms with E-state index >= 15 is 0 Å². The molecule has 126 valence electrons. The lowest BCUT2D eigenvalue weighted by Gasteiger charge is -2.24. The number of hydrogen-bond donors (Lipinski definition) is 1. The molecule has 0 bridgehead atoms. The molecule has 0 radical (unpaired) electrons. The number of carbonyl (C=O) groups is 1. The first-order chi connectivity index (χ1) is 11.7. The predicted molar refractivity (Wildman–Crippen MR) is 90.6 cm³/mol. The van der Waals surface area contributed by atoms with Gasteiger partial charge < -0.3 is 19.7 Å². The van der Waals surface area contributed by atoms with E-state index in [0.29, 0.717) is 11.8 Å². The first-order valence-electron chi connectivity index (χ1n) is 7.80. The average molecular weight is 328 g/mol. The Balaban J connectivity index is 1.72. The number of methoxy groups -OCH3 is 2. The zero-order valence-electron chi connectivity index (χ0n) is 13.7. The molecule has 0 unspecified atom stereocenters. The summed E-state index contributed by atoms with van der Waals surface area (Å²) in [6.45, 7) is 0.744. The van der Waals surface area contributed by atoms with Gasteiger partial charge in [-0.3, -0.25) is 4.79 Å². The van der Waals surface area contributed by atoms with Crippen molar-refractivity contribution < 1.29 is 14.3 Å². The maximum Gasteiger partial charge on any atom is 0.247 e.